The average Bonchev–Trinajstić information content (AvgIpc) is 3.22. The van der Waals surface area contributed by atoms with Crippen molar-refractivity contribution < 1.29 is 42.5 Å². The van der Waals surface area contributed by atoms with E-state index in [1.807, 2.05) is 0 Å². The first kappa shape index (κ1) is 32.8. The predicted molar refractivity (Wildman–Crippen MR) is 143 cm³/mol. The molecule has 0 radical (unpaired) electrons. The summed E-state index contributed by atoms with van der Waals surface area (Å²) in [4.78, 5) is -0.176. The molecule has 0 amide bonds. The van der Waals surface area contributed by atoms with Gasteiger partial charge in [0, 0.05) is 0 Å². The largest absolute Gasteiger partial charge is 1.00 e. The van der Waals surface area contributed by atoms with E-state index in [0.717, 1.165) is 18.5 Å². The van der Waals surface area contributed by atoms with E-state index >= 15 is 0 Å². The molecule has 0 spiro atoms. The third kappa shape index (κ3) is 14.9. The maximum atomic E-state index is 11.2. The second kappa shape index (κ2) is 19.8. The fourth-order valence-electron chi connectivity index (χ4n) is 4.91. The molecule has 1 aromatic rings. The number of hydrogen-bond acceptors (Lipinski definition) is 5. The molecule has 0 saturated heterocycles. The van der Waals surface area contributed by atoms with Crippen molar-refractivity contribution >= 4 is 21.5 Å². The van der Waals surface area contributed by atoms with Gasteiger partial charge in [0.2, 0.25) is 0 Å². The van der Waals surface area contributed by atoms with Crippen LogP contribution in [0.15, 0.2) is 23.1 Å². The third-order valence-corrected chi connectivity index (χ3v) is 7.87. The van der Waals surface area contributed by atoms with Crippen LogP contribution in [0.3, 0.4) is 0 Å². The molecule has 1 aliphatic heterocycles. The van der Waals surface area contributed by atoms with Gasteiger partial charge in [0.25, 0.3) is 0 Å². The van der Waals surface area contributed by atoms with Crippen molar-refractivity contribution in [2.75, 3.05) is 10.6 Å². The van der Waals surface area contributed by atoms with Crippen molar-refractivity contribution in [3.8, 4) is 0 Å². The van der Waals surface area contributed by atoms with Crippen molar-refractivity contribution in [3.05, 3.63) is 18.2 Å². The van der Waals surface area contributed by atoms with E-state index in [1.54, 1.807) is 6.07 Å². The van der Waals surface area contributed by atoms with E-state index in [9.17, 15) is 13.0 Å². The van der Waals surface area contributed by atoms with Crippen molar-refractivity contribution in [3.63, 3.8) is 0 Å². The van der Waals surface area contributed by atoms with Crippen LogP contribution in [0.2, 0.25) is 0 Å². The Labute approximate surface area is 238 Å². The molecule has 0 bridgehead atoms. The van der Waals surface area contributed by atoms with Gasteiger partial charge in [-0.05, 0) is 31.0 Å². The molecule has 1 heterocycles. The van der Waals surface area contributed by atoms with Crippen LogP contribution in [0.4, 0.5) is 11.4 Å². The van der Waals surface area contributed by atoms with Crippen molar-refractivity contribution in [1.82, 2.24) is 0 Å². The smallest absolute Gasteiger partial charge is 0.744 e. The minimum atomic E-state index is -4.41. The molecule has 1 aliphatic rings. The van der Waals surface area contributed by atoms with Crippen molar-refractivity contribution in [2.45, 2.75) is 146 Å². The number of benzene rings is 1. The summed E-state index contributed by atoms with van der Waals surface area (Å²) in [5.41, 5.74) is 1.58. The van der Waals surface area contributed by atoms with E-state index in [4.69, 9.17) is 0 Å². The third-order valence-electron chi connectivity index (χ3n) is 7.04. The van der Waals surface area contributed by atoms with Crippen molar-refractivity contribution in [2.24, 2.45) is 0 Å². The summed E-state index contributed by atoms with van der Waals surface area (Å²) >= 11 is 0. The Balaban J connectivity index is 0.00000612. The van der Waals surface area contributed by atoms with Gasteiger partial charge in [-0.15, -0.1) is 0 Å². The molecule has 0 aliphatic carbocycles. The fraction of sp³-hybridized carbons (Fsp3) is 0.786. The Hall–Kier alpha value is -0.270. The van der Waals surface area contributed by atoms with E-state index in [-0.39, 0.29) is 40.6 Å². The molecule has 35 heavy (non-hydrogen) atoms. The summed E-state index contributed by atoms with van der Waals surface area (Å²) in [6.07, 6.45) is 27.3. The maximum Gasteiger partial charge on any atom is 1.00 e. The molecule has 5 nitrogen and oxygen atoms in total. The summed E-state index contributed by atoms with van der Waals surface area (Å²) in [6, 6.07) is 4.47. The maximum absolute atomic E-state index is 11.2. The SMILES string of the molecule is CCCCCCCCCCCCCCCCCCCCCC1Nc2ccc(S(=O)(=O)[O-])cc2N1.[Na+]. The summed E-state index contributed by atoms with van der Waals surface area (Å²) in [5.74, 6) is 0. The van der Waals surface area contributed by atoms with Gasteiger partial charge in [-0.25, -0.2) is 8.42 Å². The average molecular weight is 517 g/mol. The van der Waals surface area contributed by atoms with E-state index in [2.05, 4.69) is 17.6 Å². The molecular formula is C28H49N2NaO3S. The first-order valence-corrected chi connectivity index (χ1v) is 15.5. The number of anilines is 2. The number of nitrogens with one attached hydrogen (secondary N) is 2. The van der Waals surface area contributed by atoms with Crippen LogP contribution in [-0.2, 0) is 10.1 Å². The molecule has 1 unspecified atom stereocenters. The van der Waals surface area contributed by atoms with Crippen LogP contribution >= 0.6 is 0 Å². The molecular weight excluding hydrogens is 467 g/mol. The van der Waals surface area contributed by atoms with Crippen LogP contribution in [0.25, 0.3) is 0 Å². The monoisotopic (exact) mass is 516 g/mol. The van der Waals surface area contributed by atoms with Gasteiger partial charge in [-0.2, -0.15) is 0 Å². The standard InChI is InChI=1S/C28H50N2O3S.Na/c1-2-3-4-5-6-7-8-9-10-11-12-13-14-15-16-17-18-19-20-21-28-29-26-23-22-25(34(31,32)33)24-27(26)30-28;/h22-24,28-30H,2-21H2,1H3,(H,31,32,33);/q;+1/p-1. The zero-order chi connectivity index (χ0) is 24.5. The van der Waals surface area contributed by atoms with Crippen LogP contribution in [0.1, 0.15) is 135 Å². The Morgan fingerprint density at radius 1 is 0.657 bits per heavy atom. The Bertz CT molecular complexity index is 773. The number of unbranched alkanes of at least 4 members (excludes halogenated alkanes) is 18. The summed E-state index contributed by atoms with van der Waals surface area (Å²) in [6.45, 7) is 2.28. The van der Waals surface area contributed by atoms with Gasteiger partial charge in [0.05, 0.1) is 22.4 Å². The van der Waals surface area contributed by atoms with E-state index < -0.39 is 10.1 Å². The zero-order valence-electron chi connectivity index (χ0n) is 22.6. The Morgan fingerprint density at radius 3 is 1.49 bits per heavy atom. The van der Waals surface area contributed by atoms with Gasteiger partial charge in [0.1, 0.15) is 10.1 Å². The van der Waals surface area contributed by atoms with E-state index in [1.165, 1.54) is 128 Å². The number of fused-ring (bicyclic) bond motifs is 1. The van der Waals surface area contributed by atoms with Gasteiger partial charge in [-0.1, -0.05) is 122 Å². The second-order valence-corrected chi connectivity index (χ2v) is 11.5. The van der Waals surface area contributed by atoms with E-state index in [0.29, 0.717) is 5.69 Å². The zero-order valence-corrected chi connectivity index (χ0v) is 25.4. The first-order chi connectivity index (χ1) is 16.5. The van der Waals surface area contributed by atoms with Gasteiger partial charge < -0.3 is 15.2 Å². The minimum absolute atomic E-state index is 0. The van der Waals surface area contributed by atoms with Gasteiger partial charge in [0.15, 0.2) is 0 Å². The molecule has 2 N–H and O–H groups in total. The number of hydrogen-bond donors (Lipinski definition) is 2. The second-order valence-electron chi connectivity index (χ2n) is 10.2. The van der Waals surface area contributed by atoms with Crippen LogP contribution in [0.5, 0.6) is 0 Å². The Morgan fingerprint density at radius 2 is 1.06 bits per heavy atom. The number of rotatable bonds is 21. The topological polar surface area (TPSA) is 81.3 Å². The van der Waals surface area contributed by atoms with Crippen LogP contribution in [0, 0.1) is 0 Å². The molecule has 196 valence electrons. The molecule has 0 aromatic heterocycles. The quantitative estimate of drug-likeness (QED) is 0.127. The van der Waals surface area contributed by atoms with Gasteiger partial charge in [-0.3, -0.25) is 0 Å². The first-order valence-electron chi connectivity index (χ1n) is 14.1. The summed E-state index contributed by atoms with van der Waals surface area (Å²) < 4.78 is 33.5. The summed E-state index contributed by atoms with van der Waals surface area (Å²) in [5, 5.41) is 6.66. The predicted octanol–water partition coefficient (Wildman–Crippen LogP) is 5.58. The minimum Gasteiger partial charge on any atom is -0.744 e. The molecule has 0 saturated carbocycles. The molecule has 0 fully saturated rings. The molecule has 1 atom stereocenters. The van der Waals surface area contributed by atoms with Gasteiger partial charge >= 0.3 is 29.6 Å². The molecule has 1 aromatic carbocycles. The van der Waals surface area contributed by atoms with Crippen LogP contribution < -0.4 is 40.2 Å². The molecule has 7 heteroatoms. The Kier molecular flexibility index (Phi) is 18.5. The van der Waals surface area contributed by atoms with Crippen LogP contribution in [-0.4, -0.2) is 19.1 Å². The normalized spacial score (nSPS) is 14.7. The molecule has 2 rings (SSSR count). The summed E-state index contributed by atoms with van der Waals surface area (Å²) in [7, 11) is -4.41. The fourth-order valence-corrected chi connectivity index (χ4v) is 5.40. The van der Waals surface area contributed by atoms with Crippen molar-refractivity contribution in [1.29, 1.82) is 0 Å².